The van der Waals surface area contributed by atoms with Gasteiger partial charge in [0.25, 0.3) is 0 Å². The summed E-state index contributed by atoms with van der Waals surface area (Å²) >= 11 is 5.97. The highest BCUT2D eigenvalue weighted by atomic mass is 35.5. The molecular weight excluding hydrogens is 244 g/mol. The molecule has 0 saturated carbocycles. The maximum atomic E-state index is 11.9. The molecule has 1 rings (SSSR count). The Hall–Kier alpha value is -0.800. The van der Waals surface area contributed by atoms with Crippen LogP contribution in [0.15, 0.2) is 45.7 Å². The van der Waals surface area contributed by atoms with Crippen LogP contribution in [-0.2, 0) is 9.84 Å². The lowest BCUT2D eigenvalue weighted by Crippen LogP contribution is -2.07. The van der Waals surface area contributed by atoms with Crippen LogP contribution in [0.1, 0.15) is 20.8 Å². The fraction of sp³-hybridized carbons (Fsp3) is 0.333. The first-order valence-corrected chi connectivity index (χ1v) is 6.84. The van der Waals surface area contributed by atoms with Gasteiger partial charge in [0.05, 0.1) is 10.3 Å². The third-order valence-electron chi connectivity index (χ3n) is 2.05. The Labute approximate surface area is 102 Å². The van der Waals surface area contributed by atoms with Gasteiger partial charge < -0.3 is 0 Å². The molecule has 1 aromatic carbocycles. The number of hydrogen-bond donors (Lipinski definition) is 0. The predicted molar refractivity (Wildman–Crippen MR) is 67.0 cm³/mol. The van der Waals surface area contributed by atoms with Crippen LogP contribution in [0.3, 0.4) is 0 Å². The maximum Gasteiger partial charge on any atom is 0.200 e. The van der Waals surface area contributed by atoms with Gasteiger partial charge in [-0.1, -0.05) is 50.6 Å². The fourth-order valence-corrected chi connectivity index (χ4v) is 2.64. The third-order valence-corrected chi connectivity index (χ3v) is 4.33. The Bertz CT molecular complexity index is 482. The first-order chi connectivity index (χ1) is 7.23. The van der Waals surface area contributed by atoms with Gasteiger partial charge in [0.15, 0.2) is 0 Å². The van der Waals surface area contributed by atoms with E-state index in [-0.39, 0.29) is 10.3 Å². The van der Waals surface area contributed by atoms with Gasteiger partial charge in [-0.3, -0.25) is 0 Å². The average molecular weight is 259 g/mol. The molecule has 0 fully saturated rings. The second-order valence-corrected chi connectivity index (χ2v) is 6.78. The summed E-state index contributed by atoms with van der Waals surface area (Å²) in [6.45, 7) is 5.60. The van der Waals surface area contributed by atoms with Crippen molar-refractivity contribution in [2.45, 2.75) is 25.7 Å². The first kappa shape index (κ1) is 13.3. The molecule has 0 spiro atoms. The largest absolute Gasteiger partial charge is 0.219 e. The van der Waals surface area contributed by atoms with E-state index in [1.165, 1.54) is 0 Å². The van der Waals surface area contributed by atoms with Gasteiger partial charge in [-0.2, -0.15) is 0 Å². The number of halogens is 1. The van der Waals surface area contributed by atoms with Crippen molar-refractivity contribution in [1.29, 1.82) is 0 Å². The first-order valence-electron chi connectivity index (χ1n) is 4.91. The molecule has 0 aliphatic carbocycles. The van der Waals surface area contributed by atoms with Gasteiger partial charge in [0.2, 0.25) is 9.84 Å². The van der Waals surface area contributed by atoms with Gasteiger partial charge in [-0.15, -0.1) is 0 Å². The number of rotatable bonds is 2. The third kappa shape index (κ3) is 3.35. The molecule has 0 bridgehead atoms. The summed E-state index contributed by atoms with van der Waals surface area (Å²) in [6.07, 6.45) is 0. The summed E-state index contributed by atoms with van der Waals surface area (Å²) in [5.41, 5.74) is -0.358. The SMILES string of the molecule is CC(C)(C)/C(Cl)=C/S(=O)(=O)c1ccccc1. The highest BCUT2D eigenvalue weighted by Gasteiger charge is 2.19. The molecule has 0 atom stereocenters. The Balaban J connectivity index is 3.16. The van der Waals surface area contributed by atoms with Gasteiger partial charge in [-0.25, -0.2) is 8.42 Å². The van der Waals surface area contributed by atoms with Crippen LogP contribution in [0.4, 0.5) is 0 Å². The molecule has 0 radical (unpaired) electrons. The molecule has 0 heterocycles. The van der Waals surface area contributed by atoms with Gasteiger partial charge in [0.1, 0.15) is 0 Å². The standard InChI is InChI=1S/C12H15ClO2S/c1-12(2,3)11(13)9-16(14,15)10-7-5-4-6-8-10/h4-9H,1-3H3/b11-9-. The van der Waals surface area contributed by atoms with Crippen LogP contribution < -0.4 is 0 Å². The van der Waals surface area contributed by atoms with E-state index in [0.717, 1.165) is 5.41 Å². The monoisotopic (exact) mass is 258 g/mol. The van der Waals surface area contributed by atoms with E-state index in [1.807, 2.05) is 20.8 Å². The lowest BCUT2D eigenvalue weighted by atomic mass is 9.97. The van der Waals surface area contributed by atoms with Crippen molar-refractivity contribution in [2.24, 2.45) is 5.41 Å². The van der Waals surface area contributed by atoms with Gasteiger partial charge in [0, 0.05) is 5.03 Å². The second kappa shape index (κ2) is 4.60. The summed E-state index contributed by atoms with van der Waals surface area (Å²) in [6, 6.07) is 8.25. The summed E-state index contributed by atoms with van der Waals surface area (Å²) < 4.78 is 23.9. The molecule has 0 unspecified atom stereocenters. The minimum atomic E-state index is -3.44. The number of sulfone groups is 1. The Morgan fingerprint density at radius 2 is 1.69 bits per heavy atom. The molecule has 0 N–H and O–H groups in total. The quantitative estimate of drug-likeness (QED) is 0.812. The van der Waals surface area contributed by atoms with Crippen molar-refractivity contribution < 1.29 is 8.42 Å². The Morgan fingerprint density at radius 3 is 2.12 bits per heavy atom. The molecular formula is C12H15ClO2S. The van der Waals surface area contributed by atoms with Crippen molar-refractivity contribution in [2.75, 3.05) is 0 Å². The number of hydrogen-bond acceptors (Lipinski definition) is 2. The number of benzene rings is 1. The molecule has 0 amide bonds. The maximum absolute atomic E-state index is 11.9. The summed E-state index contributed by atoms with van der Waals surface area (Å²) in [7, 11) is -3.44. The van der Waals surface area contributed by atoms with Crippen LogP contribution in [0, 0.1) is 5.41 Å². The smallest absolute Gasteiger partial charge is 0.200 e. The number of allylic oxidation sites excluding steroid dienone is 1. The normalized spacial score (nSPS) is 13.9. The molecule has 0 aromatic heterocycles. The van der Waals surface area contributed by atoms with E-state index in [4.69, 9.17) is 11.6 Å². The highest BCUT2D eigenvalue weighted by Crippen LogP contribution is 2.30. The van der Waals surface area contributed by atoms with Crippen molar-refractivity contribution >= 4 is 21.4 Å². The molecule has 88 valence electrons. The zero-order chi connectivity index (χ0) is 12.4. The van der Waals surface area contributed by atoms with E-state index < -0.39 is 9.84 Å². The zero-order valence-electron chi connectivity index (χ0n) is 9.57. The molecule has 4 heteroatoms. The fourth-order valence-electron chi connectivity index (χ4n) is 0.991. The van der Waals surface area contributed by atoms with Gasteiger partial charge >= 0.3 is 0 Å². The summed E-state index contributed by atoms with van der Waals surface area (Å²) in [4.78, 5) is 0.261. The van der Waals surface area contributed by atoms with Crippen LogP contribution in [0.5, 0.6) is 0 Å². The lowest BCUT2D eigenvalue weighted by molar-refractivity contribution is 0.530. The van der Waals surface area contributed by atoms with Crippen LogP contribution >= 0.6 is 11.6 Å². The van der Waals surface area contributed by atoms with E-state index >= 15 is 0 Å². The summed E-state index contributed by atoms with van der Waals surface area (Å²) in [5, 5.41) is 1.46. The topological polar surface area (TPSA) is 34.1 Å². The lowest BCUT2D eigenvalue weighted by Gasteiger charge is -2.16. The van der Waals surface area contributed by atoms with E-state index in [0.29, 0.717) is 5.03 Å². The summed E-state index contributed by atoms with van der Waals surface area (Å²) in [5.74, 6) is 0. The molecule has 16 heavy (non-hydrogen) atoms. The molecule has 0 aliphatic heterocycles. The molecule has 1 aromatic rings. The van der Waals surface area contributed by atoms with E-state index in [2.05, 4.69) is 0 Å². The van der Waals surface area contributed by atoms with E-state index in [9.17, 15) is 8.42 Å². The Morgan fingerprint density at radius 1 is 1.19 bits per heavy atom. The minimum Gasteiger partial charge on any atom is -0.219 e. The van der Waals surface area contributed by atoms with Crippen molar-refractivity contribution in [3.8, 4) is 0 Å². The van der Waals surface area contributed by atoms with Crippen molar-refractivity contribution in [3.63, 3.8) is 0 Å². The Kier molecular flexibility index (Phi) is 3.81. The molecule has 0 aliphatic rings. The van der Waals surface area contributed by atoms with Crippen molar-refractivity contribution in [3.05, 3.63) is 40.8 Å². The minimum absolute atomic E-state index is 0.261. The van der Waals surface area contributed by atoms with Crippen LogP contribution in [0.25, 0.3) is 0 Å². The highest BCUT2D eigenvalue weighted by molar-refractivity contribution is 7.94. The zero-order valence-corrected chi connectivity index (χ0v) is 11.1. The predicted octanol–water partition coefficient (Wildman–Crippen LogP) is 3.59. The van der Waals surface area contributed by atoms with E-state index in [1.54, 1.807) is 30.3 Å². The van der Waals surface area contributed by atoms with Crippen molar-refractivity contribution in [1.82, 2.24) is 0 Å². The second-order valence-electron chi connectivity index (χ2n) is 4.57. The molecule has 2 nitrogen and oxygen atoms in total. The van der Waals surface area contributed by atoms with Crippen LogP contribution in [0.2, 0.25) is 0 Å². The molecule has 0 saturated heterocycles. The van der Waals surface area contributed by atoms with Gasteiger partial charge in [-0.05, 0) is 17.5 Å². The average Bonchev–Trinajstić information content (AvgIpc) is 2.17. The van der Waals surface area contributed by atoms with Crippen LogP contribution in [-0.4, -0.2) is 8.42 Å².